The largest absolute Gasteiger partial charge is 0.397 e. The van der Waals surface area contributed by atoms with Gasteiger partial charge in [0.1, 0.15) is 0 Å². The molecule has 0 unspecified atom stereocenters. The molecule has 2 aromatic rings. The maximum atomic E-state index is 12.4. The Bertz CT molecular complexity index is 607. The first-order valence-corrected chi connectivity index (χ1v) is 6.01. The van der Waals surface area contributed by atoms with Crippen LogP contribution < -0.4 is 10.6 Å². The molecule has 1 aliphatic rings. The third-order valence-electron chi connectivity index (χ3n) is 3.33. The molecule has 2 aromatic carbocycles. The maximum absolute atomic E-state index is 12.4. The molecule has 18 heavy (non-hydrogen) atoms. The zero-order valence-electron chi connectivity index (χ0n) is 9.97. The smallest absolute Gasteiger partial charge is 0.258 e. The number of nitrogens with zero attached hydrogens (tertiary/aromatic N) is 1. The van der Waals surface area contributed by atoms with E-state index in [-0.39, 0.29) is 5.91 Å². The number of para-hydroxylation sites is 2. The Morgan fingerprint density at radius 1 is 1.00 bits per heavy atom. The lowest BCUT2D eigenvalue weighted by Gasteiger charge is -2.29. The molecule has 1 heterocycles. The van der Waals surface area contributed by atoms with Crippen molar-refractivity contribution >= 4 is 17.3 Å². The average molecular weight is 238 g/mol. The van der Waals surface area contributed by atoms with E-state index in [4.69, 9.17) is 5.73 Å². The van der Waals surface area contributed by atoms with Crippen LogP contribution in [0.15, 0.2) is 48.5 Å². The van der Waals surface area contributed by atoms with E-state index in [1.165, 1.54) is 0 Å². The molecule has 0 saturated heterocycles. The Kier molecular flexibility index (Phi) is 2.52. The van der Waals surface area contributed by atoms with Crippen LogP contribution >= 0.6 is 0 Å². The van der Waals surface area contributed by atoms with Crippen molar-refractivity contribution in [2.45, 2.75) is 6.42 Å². The Labute approximate surface area is 106 Å². The van der Waals surface area contributed by atoms with Gasteiger partial charge in [-0.1, -0.05) is 30.3 Å². The van der Waals surface area contributed by atoms with E-state index in [1.807, 2.05) is 48.5 Å². The maximum Gasteiger partial charge on any atom is 0.258 e. The van der Waals surface area contributed by atoms with Crippen LogP contribution in [0.25, 0.3) is 0 Å². The average Bonchev–Trinajstić information content (AvgIpc) is 2.41. The minimum absolute atomic E-state index is 0.0368. The lowest BCUT2D eigenvalue weighted by molar-refractivity contribution is 0.0981. The minimum atomic E-state index is 0.0368. The van der Waals surface area contributed by atoms with Gasteiger partial charge in [0.15, 0.2) is 0 Å². The Morgan fingerprint density at radius 3 is 2.56 bits per heavy atom. The number of fused-ring (bicyclic) bond motifs is 1. The second-order valence-corrected chi connectivity index (χ2v) is 4.42. The summed E-state index contributed by atoms with van der Waals surface area (Å²) in [5.41, 5.74) is 9.29. The lowest BCUT2D eigenvalue weighted by atomic mass is 9.98. The quantitative estimate of drug-likeness (QED) is 0.776. The van der Waals surface area contributed by atoms with Crippen molar-refractivity contribution in [3.63, 3.8) is 0 Å². The zero-order valence-corrected chi connectivity index (χ0v) is 9.97. The van der Waals surface area contributed by atoms with Gasteiger partial charge in [-0.3, -0.25) is 4.79 Å². The highest BCUT2D eigenvalue weighted by atomic mass is 16.2. The third-order valence-corrected chi connectivity index (χ3v) is 3.33. The van der Waals surface area contributed by atoms with Crippen LogP contribution in [0.1, 0.15) is 15.9 Å². The first-order valence-electron chi connectivity index (χ1n) is 6.01. The Balaban J connectivity index is 2.03. The fourth-order valence-electron chi connectivity index (χ4n) is 2.39. The summed E-state index contributed by atoms with van der Waals surface area (Å²) < 4.78 is 0. The molecule has 1 amide bonds. The lowest BCUT2D eigenvalue weighted by Crippen LogP contribution is -2.37. The van der Waals surface area contributed by atoms with Gasteiger partial charge in [-0.15, -0.1) is 0 Å². The van der Waals surface area contributed by atoms with E-state index in [1.54, 1.807) is 4.90 Å². The van der Waals surface area contributed by atoms with Crippen molar-refractivity contribution in [2.24, 2.45) is 0 Å². The molecular weight excluding hydrogens is 224 g/mol. The van der Waals surface area contributed by atoms with Crippen LogP contribution in [0.3, 0.4) is 0 Å². The molecule has 2 N–H and O–H groups in total. The van der Waals surface area contributed by atoms with E-state index in [2.05, 4.69) is 0 Å². The van der Waals surface area contributed by atoms with Gasteiger partial charge in [0.2, 0.25) is 0 Å². The predicted octanol–water partition coefficient (Wildman–Crippen LogP) is 2.47. The number of rotatable bonds is 1. The van der Waals surface area contributed by atoms with E-state index >= 15 is 0 Å². The van der Waals surface area contributed by atoms with Gasteiger partial charge in [0.05, 0.1) is 11.4 Å². The minimum Gasteiger partial charge on any atom is -0.397 e. The standard InChI is InChI=1S/C15H14N2O/c16-13-7-3-4-8-14(13)17-10-9-11-5-1-2-6-12(11)15(17)18/h1-8H,9-10,16H2. The van der Waals surface area contributed by atoms with E-state index < -0.39 is 0 Å². The van der Waals surface area contributed by atoms with Gasteiger partial charge in [-0.25, -0.2) is 0 Å². The molecule has 0 aromatic heterocycles. The predicted molar refractivity (Wildman–Crippen MR) is 72.7 cm³/mol. The second-order valence-electron chi connectivity index (χ2n) is 4.42. The first-order chi connectivity index (χ1) is 8.77. The second kappa shape index (κ2) is 4.18. The number of carbonyl (C=O) groups excluding carboxylic acids is 1. The van der Waals surface area contributed by atoms with Crippen molar-refractivity contribution in [1.29, 1.82) is 0 Å². The van der Waals surface area contributed by atoms with Crippen molar-refractivity contribution in [2.75, 3.05) is 17.2 Å². The number of nitrogens with two attached hydrogens (primary N) is 1. The van der Waals surface area contributed by atoms with Gasteiger partial charge in [-0.05, 0) is 30.2 Å². The molecule has 0 atom stereocenters. The van der Waals surface area contributed by atoms with Crippen LogP contribution in [0.4, 0.5) is 11.4 Å². The summed E-state index contributed by atoms with van der Waals surface area (Å²) in [7, 11) is 0. The molecule has 3 heteroatoms. The Morgan fingerprint density at radius 2 is 1.72 bits per heavy atom. The van der Waals surface area contributed by atoms with Crippen molar-refractivity contribution < 1.29 is 4.79 Å². The zero-order chi connectivity index (χ0) is 12.5. The van der Waals surface area contributed by atoms with Crippen LogP contribution in [-0.2, 0) is 6.42 Å². The molecule has 0 bridgehead atoms. The number of hydrogen-bond acceptors (Lipinski definition) is 2. The van der Waals surface area contributed by atoms with Gasteiger partial charge >= 0.3 is 0 Å². The number of amides is 1. The highest BCUT2D eigenvalue weighted by Gasteiger charge is 2.25. The summed E-state index contributed by atoms with van der Waals surface area (Å²) in [5, 5.41) is 0. The summed E-state index contributed by atoms with van der Waals surface area (Å²) in [4.78, 5) is 14.2. The number of benzene rings is 2. The van der Waals surface area contributed by atoms with Crippen molar-refractivity contribution in [3.8, 4) is 0 Å². The van der Waals surface area contributed by atoms with Crippen LogP contribution in [0.2, 0.25) is 0 Å². The summed E-state index contributed by atoms with van der Waals surface area (Å²) in [5.74, 6) is 0.0368. The number of anilines is 2. The monoisotopic (exact) mass is 238 g/mol. The van der Waals surface area contributed by atoms with Gasteiger partial charge in [0.25, 0.3) is 5.91 Å². The third kappa shape index (κ3) is 1.64. The Hall–Kier alpha value is -2.29. The fraction of sp³-hybridized carbons (Fsp3) is 0.133. The molecule has 3 nitrogen and oxygen atoms in total. The van der Waals surface area contributed by atoms with Gasteiger partial charge in [-0.2, -0.15) is 0 Å². The molecule has 0 aliphatic carbocycles. The normalized spacial score (nSPS) is 14.4. The van der Waals surface area contributed by atoms with E-state index in [0.717, 1.165) is 23.2 Å². The number of nitrogen functional groups attached to an aromatic ring is 1. The molecule has 1 aliphatic heterocycles. The summed E-state index contributed by atoms with van der Waals surface area (Å²) in [6.45, 7) is 0.685. The molecule has 90 valence electrons. The topological polar surface area (TPSA) is 46.3 Å². The summed E-state index contributed by atoms with van der Waals surface area (Å²) in [6.07, 6.45) is 0.871. The van der Waals surface area contributed by atoms with Gasteiger partial charge < -0.3 is 10.6 Å². The van der Waals surface area contributed by atoms with Crippen LogP contribution in [-0.4, -0.2) is 12.5 Å². The van der Waals surface area contributed by atoms with Gasteiger partial charge in [0, 0.05) is 12.1 Å². The molecule has 3 rings (SSSR count). The summed E-state index contributed by atoms with van der Waals surface area (Å²) >= 11 is 0. The van der Waals surface area contributed by atoms with Crippen molar-refractivity contribution in [3.05, 3.63) is 59.7 Å². The molecule has 0 saturated carbocycles. The first kappa shape index (κ1) is 10.8. The molecular formula is C15H14N2O. The highest BCUT2D eigenvalue weighted by Crippen LogP contribution is 2.28. The molecule has 0 radical (unpaired) electrons. The number of hydrogen-bond donors (Lipinski definition) is 1. The van der Waals surface area contributed by atoms with Crippen LogP contribution in [0.5, 0.6) is 0 Å². The summed E-state index contributed by atoms with van der Waals surface area (Å²) in [6, 6.07) is 15.3. The molecule has 0 fully saturated rings. The highest BCUT2D eigenvalue weighted by molar-refractivity contribution is 6.09. The molecule has 0 spiro atoms. The van der Waals surface area contributed by atoms with Crippen molar-refractivity contribution in [1.82, 2.24) is 0 Å². The van der Waals surface area contributed by atoms with E-state index in [0.29, 0.717) is 12.2 Å². The SMILES string of the molecule is Nc1ccccc1N1CCc2ccccc2C1=O. The van der Waals surface area contributed by atoms with Crippen LogP contribution in [0, 0.1) is 0 Å². The number of carbonyl (C=O) groups is 1. The fourth-order valence-corrected chi connectivity index (χ4v) is 2.39. The van der Waals surface area contributed by atoms with E-state index in [9.17, 15) is 4.79 Å².